The number of nitrogen functional groups attached to an aromatic ring is 1. The Morgan fingerprint density at radius 3 is 2.90 bits per heavy atom. The van der Waals surface area contributed by atoms with Gasteiger partial charge in [-0.25, -0.2) is 4.98 Å². The van der Waals surface area contributed by atoms with Gasteiger partial charge in [0.15, 0.2) is 11.2 Å². The number of anilines is 1. The number of aliphatic hydroxyl groups is 3. The number of hydrogen-bond donors (Lipinski definition) is 5. The first-order valence-electron chi connectivity index (χ1n) is 6.57. The number of imidazole rings is 1. The zero-order valence-corrected chi connectivity index (χ0v) is 11.4. The van der Waals surface area contributed by atoms with Gasteiger partial charge in [-0.2, -0.15) is 4.98 Å². The lowest BCUT2D eigenvalue weighted by Crippen LogP contribution is -2.36. The van der Waals surface area contributed by atoms with Crippen LogP contribution in [0.15, 0.2) is 11.1 Å². The predicted octanol–water partition coefficient (Wildman–Crippen LogP) is -1.63. The number of H-pyrrole nitrogens is 1. The fourth-order valence-electron chi connectivity index (χ4n) is 2.95. The Labute approximate surface area is 119 Å². The molecule has 2 aromatic heterocycles. The second kappa shape index (κ2) is 4.52. The molecule has 0 aliphatic heterocycles. The van der Waals surface area contributed by atoms with Gasteiger partial charge in [0.05, 0.1) is 25.1 Å². The quantitative estimate of drug-likeness (QED) is 0.446. The monoisotopic (exact) mass is 295 g/mol. The van der Waals surface area contributed by atoms with E-state index in [0.717, 1.165) is 0 Å². The Kier molecular flexibility index (Phi) is 3.01. The molecular weight excluding hydrogens is 278 g/mol. The van der Waals surface area contributed by atoms with Gasteiger partial charge in [-0.3, -0.25) is 9.78 Å². The van der Waals surface area contributed by atoms with Crippen molar-refractivity contribution in [2.24, 2.45) is 5.41 Å². The molecule has 1 saturated carbocycles. The third kappa shape index (κ3) is 1.93. The zero-order valence-electron chi connectivity index (χ0n) is 11.4. The summed E-state index contributed by atoms with van der Waals surface area (Å²) in [6.45, 7) is 1.43. The molecule has 0 spiro atoms. The molecule has 0 amide bonds. The zero-order chi connectivity index (χ0) is 15.4. The van der Waals surface area contributed by atoms with Gasteiger partial charge in [-0.1, -0.05) is 6.92 Å². The van der Waals surface area contributed by atoms with Crippen molar-refractivity contribution < 1.29 is 15.3 Å². The van der Waals surface area contributed by atoms with Crippen molar-refractivity contribution in [3.63, 3.8) is 0 Å². The Balaban J connectivity index is 2.12. The van der Waals surface area contributed by atoms with Crippen LogP contribution in [0.4, 0.5) is 5.95 Å². The normalized spacial score (nSPS) is 32.9. The maximum atomic E-state index is 11.8. The lowest BCUT2D eigenvalue weighted by atomic mass is 9.87. The minimum atomic E-state index is -1.10. The van der Waals surface area contributed by atoms with Crippen LogP contribution in [0.1, 0.15) is 19.4 Å². The molecule has 6 N–H and O–H groups in total. The van der Waals surface area contributed by atoms with Gasteiger partial charge in [-0.05, 0) is 6.42 Å². The van der Waals surface area contributed by atoms with Crippen LogP contribution in [0.2, 0.25) is 0 Å². The summed E-state index contributed by atoms with van der Waals surface area (Å²) in [6, 6.07) is -0.546. The largest absolute Gasteiger partial charge is 0.396 e. The van der Waals surface area contributed by atoms with E-state index in [9.17, 15) is 20.1 Å². The van der Waals surface area contributed by atoms with E-state index >= 15 is 0 Å². The third-order valence-electron chi connectivity index (χ3n) is 4.28. The second-order valence-electron chi connectivity index (χ2n) is 5.79. The van der Waals surface area contributed by atoms with Gasteiger partial charge < -0.3 is 25.6 Å². The first-order chi connectivity index (χ1) is 9.87. The number of rotatable bonds is 2. The average molecular weight is 295 g/mol. The van der Waals surface area contributed by atoms with Crippen molar-refractivity contribution in [2.45, 2.75) is 31.6 Å². The van der Waals surface area contributed by atoms with Gasteiger partial charge in [0.2, 0.25) is 5.95 Å². The fourth-order valence-corrected chi connectivity index (χ4v) is 2.95. The number of aromatic amines is 1. The lowest BCUT2D eigenvalue weighted by molar-refractivity contribution is -0.0403. The van der Waals surface area contributed by atoms with Crippen LogP contribution in [0, 0.1) is 5.41 Å². The van der Waals surface area contributed by atoms with Crippen LogP contribution in [-0.2, 0) is 0 Å². The van der Waals surface area contributed by atoms with Crippen molar-refractivity contribution in [1.29, 1.82) is 0 Å². The molecule has 0 bridgehead atoms. The minimum absolute atomic E-state index is 0.0489. The highest BCUT2D eigenvalue weighted by molar-refractivity contribution is 5.70. The number of nitrogens with one attached hydrogen (secondary N) is 1. The number of nitrogens with zero attached hydrogens (tertiary/aromatic N) is 3. The molecule has 9 heteroatoms. The van der Waals surface area contributed by atoms with Crippen molar-refractivity contribution in [2.75, 3.05) is 12.3 Å². The Morgan fingerprint density at radius 2 is 2.29 bits per heavy atom. The van der Waals surface area contributed by atoms with E-state index in [-0.39, 0.29) is 23.7 Å². The van der Waals surface area contributed by atoms with E-state index in [1.807, 2.05) is 0 Å². The van der Waals surface area contributed by atoms with Crippen molar-refractivity contribution in [3.8, 4) is 0 Å². The SMILES string of the molecule is C[C@]1(CO)C[C@@H](n2cnc3c(=O)[nH]c(N)nc32)[C@@H](O)[C@H]1O. The number of aliphatic hydroxyl groups excluding tert-OH is 3. The van der Waals surface area contributed by atoms with Crippen molar-refractivity contribution in [3.05, 3.63) is 16.7 Å². The maximum Gasteiger partial charge on any atom is 0.280 e. The molecule has 114 valence electrons. The highest BCUT2D eigenvalue weighted by Crippen LogP contribution is 2.44. The van der Waals surface area contributed by atoms with Crippen LogP contribution in [0.3, 0.4) is 0 Å². The number of hydrogen-bond acceptors (Lipinski definition) is 7. The van der Waals surface area contributed by atoms with E-state index in [0.29, 0.717) is 6.42 Å². The summed E-state index contributed by atoms with van der Waals surface area (Å²) in [5.41, 5.74) is 4.60. The van der Waals surface area contributed by atoms with E-state index in [1.165, 1.54) is 10.9 Å². The van der Waals surface area contributed by atoms with Crippen molar-refractivity contribution >= 4 is 17.1 Å². The minimum Gasteiger partial charge on any atom is -0.396 e. The third-order valence-corrected chi connectivity index (χ3v) is 4.28. The summed E-state index contributed by atoms with van der Waals surface area (Å²) in [7, 11) is 0. The summed E-state index contributed by atoms with van der Waals surface area (Å²) < 4.78 is 1.52. The molecule has 0 saturated heterocycles. The fraction of sp³-hybridized carbons (Fsp3) is 0.583. The Morgan fingerprint density at radius 1 is 1.57 bits per heavy atom. The molecule has 0 unspecified atom stereocenters. The molecule has 21 heavy (non-hydrogen) atoms. The Hall–Kier alpha value is -1.97. The predicted molar refractivity (Wildman–Crippen MR) is 73.4 cm³/mol. The van der Waals surface area contributed by atoms with Crippen LogP contribution in [0.25, 0.3) is 11.2 Å². The van der Waals surface area contributed by atoms with Crippen LogP contribution >= 0.6 is 0 Å². The lowest BCUT2D eigenvalue weighted by Gasteiger charge is -2.25. The molecular formula is C12H17N5O4. The maximum absolute atomic E-state index is 11.8. The number of fused-ring (bicyclic) bond motifs is 1. The first kappa shape index (κ1) is 14.0. The van der Waals surface area contributed by atoms with E-state index < -0.39 is 29.2 Å². The first-order valence-corrected chi connectivity index (χ1v) is 6.57. The van der Waals surface area contributed by atoms with Gasteiger partial charge in [-0.15, -0.1) is 0 Å². The number of aromatic nitrogens is 4. The Bertz CT molecular complexity index is 741. The highest BCUT2D eigenvalue weighted by atomic mass is 16.3. The molecule has 9 nitrogen and oxygen atoms in total. The summed E-state index contributed by atoms with van der Waals surface area (Å²) in [6.07, 6.45) is -0.465. The van der Waals surface area contributed by atoms with E-state index in [2.05, 4.69) is 15.0 Å². The van der Waals surface area contributed by atoms with E-state index in [1.54, 1.807) is 6.92 Å². The van der Waals surface area contributed by atoms with Gasteiger partial charge >= 0.3 is 0 Å². The van der Waals surface area contributed by atoms with Crippen LogP contribution in [-0.4, -0.2) is 53.7 Å². The standard InChI is InChI=1S/C12H17N5O4/c1-12(3-18)2-5(7(19)8(12)20)17-4-14-6-9(17)15-11(13)16-10(6)21/h4-5,7-8,18-20H,2-3H2,1H3,(H3,13,15,16,21)/t5-,7-,8-,12-/m1/s1. The van der Waals surface area contributed by atoms with Gasteiger partial charge in [0.25, 0.3) is 5.56 Å². The van der Waals surface area contributed by atoms with Crippen LogP contribution < -0.4 is 11.3 Å². The molecule has 1 aliphatic rings. The number of nitrogens with two attached hydrogens (primary N) is 1. The van der Waals surface area contributed by atoms with Gasteiger partial charge in [0.1, 0.15) is 6.10 Å². The molecule has 1 fully saturated rings. The molecule has 0 radical (unpaired) electrons. The van der Waals surface area contributed by atoms with Gasteiger partial charge in [0, 0.05) is 5.41 Å². The summed E-state index contributed by atoms with van der Waals surface area (Å²) in [5, 5.41) is 29.8. The molecule has 4 atom stereocenters. The average Bonchev–Trinajstić information content (AvgIpc) is 2.95. The molecule has 0 aromatic carbocycles. The van der Waals surface area contributed by atoms with Crippen molar-refractivity contribution in [1.82, 2.24) is 19.5 Å². The summed E-state index contributed by atoms with van der Waals surface area (Å²) in [4.78, 5) is 22.1. The van der Waals surface area contributed by atoms with Crippen LogP contribution in [0.5, 0.6) is 0 Å². The topological polar surface area (TPSA) is 150 Å². The summed E-state index contributed by atoms with van der Waals surface area (Å²) in [5.74, 6) is -0.0489. The second-order valence-corrected chi connectivity index (χ2v) is 5.79. The molecule has 1 aliphatic carbocycles. The molecule has 2 aromatic rings. The highest BCUT2D eigenvalue weighted by Gasteiger charge is 2.50. The summed E-state index contributed by atoms with van der Waals surface area (Å²) >= 11 is 0. The van der Waals surface area contributed by atoms with E-state index in [4.69, 9.17) is 5.73 Å². The molecule has 3 rings (SSSR count). The smallest absolute Gasteiger partial charge is 0.280 e. The molecule has 2 heterocycles.